The van der Waals surface area contributed by atoms with E-state index in [0.717, 1.165) is 30.9 Å². The van der Waals surface area contributed by atoms with Crippen LogP contribution in [0.1, 0.15) is 18.1 Å². The Balaban J connectivity index is 1.35. The molecule has 0 radical (unpaired) electrons. The van der Waals surface area contributed by atoms with Crippen molar-refractivity contribution in [2.75, 3.05) is 11.9 Å². The normalized spacial score (nSPS) is 14.8. The lowest BCUT2D eigenvalue weighted by Gasteiger charge is -2.32. The second kappa shape index (κ2) is 8.23. The van der Waals surface area contributed by atoms with Gasteiger partial charge < -0.3 is 10.1 Å². The molecule has 0 aliphatic carbocycles. The fourth-order valence-corrected chi connectivity index (χ4v) is 3.41. The van der Waals surface area contributed by atoms with E-state index in [4.69, 9.17) is 4.74 Å². The average Bonchev–Trinajstić information content (AvgIpc) is 2.75. The number of benzene rings is 2. The molecular formula is C23H23N3O2. The largest absolute Gasteiger partial charge is 0.457 e. The summed E-state index contributed by atoms with van der Waals surface area (Å²) in [7, 11) is 0. The summed E-state index contributed by atoms with van der Waals surface area (Å²) in [5.41, 5.74) is 3.46. The summed E-state index contributed by atoms with van der Waals surface area (Å²) < 4.78 is 5.75. The number of hydrogen-bond donors (Lipinski definition) is 1. The smallest absolute Gasteiger partial charge is 0.241 e. The first-order valence-electron chi connectivity index (χ1n) is 9.49. The standard InChI is InChI=1S/C23H23N3O2/c1-17(26-15-12-18-4-2-3-5-19(18)16-26)23(27)25-20-6-8-21(9-7-20)28-22-10-13-24-14-11-22/h2-11,13-14,17H,12,15-16H2,1H3,(H,25,27). The molecule has 1 aromatic heterocycles. The van der Waals surface area contributed by atoms with Crippen LogP contribution in [-0.4, -0.2) is 28.4 Å². The number of nitrogens with zero attached hydrogens (tertiary/aromatic N) is 2. The van der Waals surface area contributed by atoms with E-state index in [1.165, 1.54) is 11.1 Å². The molecule has 2 heterocycles. The van der Waals surface area contributed by atoms with Crippen molar-refractivity contribution in [3.05, 3.63) is 84.2 Å². The molecule has 28 heavy (non-hydrogen) atoms. The number of pyridine rings is 1. The summed E-state index contributed by atoms with van der Waals surface area (Å²) in [4.78, 5) is 18.9. The van der Waals surface area contributed by atoms with Gasteiger partial charge in [-0.05, 0) is 60.9 Å². The van der Waals surface area contributed by atoms with Gasteiger partial charge in [-0.25, -0.2) is 0 Å². The molecule has 0 spiro atoms. The van der Waals surface area contributed by atoms with Crippen molar-refractivity contribution < 1.29 is 9.53 Å². The van der Waals surface area contributed by atoms with E-state index in [-0.39, 0.29) is 11.9 Å². The monoisotopic (exact) mass is 373 g/mol. The molecular weight excluding hydrogens is 350 g/mol. The van der Waals surface area contributed by atoms with Gasteiger partial charge in [0, 0.05) is 31.2 Å². The third kappa shape index (κ3) is 4.21. The number of rotatable bonds is 5. The minimum absolute atomic E-state index is 0.00202. The van der Waals surface area contributed by atoms with E-state index in [1.54, 1.807) is 24.5 Å². The first kappa shape index (κ1) is 18.2. The molecule has 5 heteroatoms. The van der Waals surface area contributed by atoms with Gasteiger partial charge in [0.1, 0.15) is 11.5 Å². The number of carbonyl (C=O) groups excluding carboxylic acids is 1. The molecule has 1 unspecified atom stereocenters. The van der Waals surface area contributed by atoms with Crippen LogP contribution < -0.4 is 10.1 Å². The Morgan fingerprint density at radius 1 is 1.00 bits per heavy atom. The first-order chi connectivity index (χ1) is 13.7. The summed E-state index contributed by atoms with van der Waals surface area (Å²) in [6.45, 7) is 3.66. The zero-order valence-electron chi connectivity index (χ0n) is 15.8. The molecule has 0 fully saturated rings. The molecule has 0 bridgehead atoms. The Kier molecular flexibility index (Phi) is 5.35. The van der Waals surface area contributed by atoms with Crippen molar-refractivity contribution in [2.24, 2.45) is 0 Å². The highest BCUT2D eigenvalue weighted by molar-refractivity contribution is 5.94. The highest BCUT2D eigenvalue weighted by Crippen LogP contribution is 2.23. The molecule has 1 atom stereocenters. The van der Waals surface area contributed by atoms with E-state index in [9.17, 15) is 4.79 Å². The van der Waals surface area contributed by atoms with Crippen LogP contribution in [0.3, 0.4) is 0 Å². The van der Waals surface area contributed by atoms with Gasteiger partial charge >= 0.3 is 0 Å². The first-order valence-corrected chi connectivity index (χ1v) is 9.49. The Labute approximate surface area is 165 Å². The van der Waals surface area contributed by atoms with Crippen LogP contribution in [-0.2, 0) is 17.8 Å². The highest BCUT2D eigenvalue weighted by Gasteiger charge is 2.25. The van der Waals surface area contributed by atoms with Crippen LogP contribution in [0, 0.1) is 0 Å². The predicted octanol–water partition coefficient (Wildman–Crippen LogP) is 4.26. The molecule has 1 aliphatic heterocycles. The van der Waals surface area contributed by atoms with Crippen molar-refractivity contribution >= 4 is 11.6 Å². The predicted molar refractivity (Wildman–Crippen MR) is 109 cm³/mol. The summed E-state index contributed by atoms with van der Waals surface area (Å²) in [5, 5.41) is 3.01. The van der Waals surface area contributed by atoms with Gasteiger partial charge in [-0.1, -0.05) is 24.3 Å². The third-order valence-electron chi connectivity index (χ3n) is 5.09. The SMILES string of the molecule is CC(C(=O)Nc1ccc(Oc2ccncc2)cc1)N1CCc2ccccc2C1. The van der Waals surface area contributed by atoms with Gasteiger partial charge in [-0.15, -0.1) is 0 Å². The topological polar surface area (TPSA) is 54.5 Å². The van der Waals surface area contributed by atoms with E-state index in [0.29, 0.717) is 5.75 Å². The summed E-state index contributed by atoms with van der Waals surface area (Å²) in [6.07, 6.45) is 4.35. The highest BCUT2D eigenvalue weighted by atomic mass is 16.5. The van der Waals surface area contributed by atoms with Crippen LogP contribution in [0.5, 0.6) is 11.5 Å². The number of nitrogens with one attached hydrogen (secondary N) is 1. The van der Waals surface area contributed by atoms with Crippen molar-refractivity contribution in [3.8, 4) is 11.5 Å². The van der Waals surface area contributed by atoms with E-state index in [2.05, 4.69) is 39.5 Å². The van der Waals surface area contributed by atoms with Crippen molar-refractivity contribution in [3.63, 3.8) is 0 Å². The number of carbonyl (C=O) groups is 1. The lowest BCUT2D eigenvalue weighted by molar-refractivity contribution is -0.121. The maximum atomic E-state index is 12.7. The van der Waals surface area contributed by atoms with Gasteiger partial charge in [-0.3, -0.25) is 14.7 Å². The number of aromatic nitrogens is 1. The fourth-order valence-electron chi connectivity index (χ4n) is 3.41. The van der Waals surface area contributed by atoms with Crippen LogP contribution >= 0.6 is 0 Å². The minimum atomic E-state index is -0.193. The Morgan fingerprint density at radius 3 is 2.43 bits per heavy atom. The molecule has 0 saturated carbocycles. The van der Waals surface area contributed by atoms with Crippen molar-refractivity contribution in [2.45, 2.75) is 25.9 Å². The molecule has 1 aliphatic rings. The summed E-state index contributed by atoms with van der Waals surface area (Å²) >= 11 is 0. The molecule has 5 nitrogen and oxygen atoms in total. The van der Waals surface area contributed by atoms with Crippen molar-refractivity contribution in [1.82, 2.24) is 9.88 Å². The Hall–Kier alpha value is -3.18. The van der Waals surface area contributed by atoms with Crippen molar-refractivity contribution in [1.29, 1.82) is 0 Å². The second-order valence-electron chi connectivity index (χ2n) is 6.96. The maximum absolute atomic E-state index is 12.7. The lowest BCUT2D eigenvalue weighted by Crippen LogP contribution is -2.44. The molecule has 0 saturated heterocycles. The fraction of sp³-hybridized carbons (Fsp3) is 0.217. The zero-order chi connectivity index (χ0) is 19.3. The molecule has 1 amide bonds. The molecule has 3 aromatic rings. The quantitative estimate of drug-likeness (QED) is 0.726. The van der Waals surface area contributed by atoms with E-state index < -0.39 is 0 Å². The second-order valence-corrected chi connectivity index (χ2v) is 6.96. The van der Waals surface area contributed by atoms with Crippen LogP contribution in [0.4, 0.5) is 5.69 Å². The minimum Gasteiger partial charge on any atom is -0.457 e. The van der Waals surface area contributed by atoms with Crippen LogP contribution in [0.2, 0.25) is 0 Å². The molecule has 2 aromatic carbocycles. The number of ether oxygens (including phenoxy) is 1. The molecule has 4 rings (SSSR count). The maximum Gasteiger partial charge on any atom is 0.241 e. The van der Waals surface area contributed by atoms with Gasteiger partial charge in [0.15, 0.2) is 0 Å². The number of hydrogen-bond acceptors (Lipinski definition) is 4. The van der Waals surface area contributed by atoms with Gasteiger partial charge in [0.25, 0.3) is 0 Å². The molecule has 1 N–H and O–H groups in total. The van der Waals surface area contributed by atoms with Gasteiger partial charge in [0.05, 0.1) is 6.04 Å². The van der Waals surface area contributed by atoms with Gasteiger partial charge in [0.2, 0.25) is 5.91 Å². The molecule has 142 valence electrons. The number of amides is 1. The summed E-state index contributed by atoms with van der Waals surface area (Å²) in [5.74, 6) is 1.44. The lowest BCUT2D eigenvalue weighted by atomic mass is 9.99. The summed E-state index contributed by atoms with van der Waals surface area (Å²) in [6, 6.07) is 19.3. The van der Waals surface area contributed by atoms with Crippen LogP contribution in [0.15, 0.2) is 73.1 Å². The average molecular weight is 373 g/mol. The van der Waals surface area contributed by atoms with Crippen LogP contribution in [0.25, 0.3) is 0 Å². The van der Waals surface area contributed by atoms with E-state index >= 15 is 0 Å². The van der Waals surface area contributed by atoms with E-state index in [1.807, 2.05) is 31.2 Å². The zero-order valence-corrected chi connectivity index (χ0v) is 15.8. The Morgan fingerprint density at radius 2 is 1.68 bits per heavy atom. The van der Waals surface area contributed by atoms with Gasteiger partial charge in [-0.2, -0.15) is 0 Å². The number of anilines is 1. The number of fused-ring (bicyclic) bond motifs is 1. The Bertz CT molecular complexity index is 942. The third-order valence-corrected chi connectivity index (χ3v) is 5.09.